The lowest BCUT2D eigenvalue weighted by Crippen LogP contribution is -2.55. The van der Waals surface area contributed by atoms with Crippen LogP contribution in [-0.2, 0) is 10.8 Å². The van der Waals surface area contributed by atoms with Crippen LogP contribution in [0.4, 0.5) is 32.0 Å². The van der Waals surface area contributed by atoms with Crippen LogP contribution in [0.2, 0.25) is 0 Å². The van der Waals surface area contributed by atoms with Crippen molar-refractivity contribution in [3.8, 4) is 0 Å². The number of imide groups is 1. The number of carbonyl (C=O) groups excluding carboxylic acids is 3. The minimum absolute atomic E-state index is 0.183. The van der Waals surface area contributed by atoms with Crippen LogP contribution in [-0.4, -0.2) is 47.6 Å². The standard InChI is InChI=1S/C38H42F6N2O3/c1-19-13-14-24(17-27(19)31(47)45(12)35(9,10)11)36(37(39,40)41,38(42,43)44)25-15-16-26-28(18-25)33(49)46(32(26)48)30-22(4)20(2)29(34(6,7)8)21(3)23(30)5/h13-18H,1-12H3. The van der Waals surface area contributed by atoms with Gasteiger partial charge in [0.15, 0.2) is 0 Å². The number of nitrogens with zero attached hydrogens (tertiary/aromatic N) is 2. The molecule has 0 atom stereocenters. The highest BCUT2D eigenvalue weighted by atomic mass is 19.4. The Hall–Kier alpha value is -4.15. The van der Waals surface area contributed by atoms with Gasteiger partial charge in [-0.2, -0.15) is 26.3 Å². The monoisotopic (exact) mass is 688 g/mol. The van der Waals surface area contributed by atoms with E-state index in [1.165, 1.54) is 18.9 Å². The van der Waals surface area contributed by atoms with E-state index in [-0.39, 0.29) is 27.8 Å². The number of alkyl halides is 6. The zero-order chi connectivity index (χ0) is 37.6. The van der Waals surface area contributed by atoms with Gasteiger partial charge in [-0.05, 0) is 124 Å². The van der Waals surface area contributed by atoms with E-state index in [2.05, 4.69) is 0 Å². The van der Waals surface area contributed by atoms with Crippen LogP contribution in [0.1, 0.15) is 117 Å². The van der Waals surface area contributed by atoms with Crippen molar-refractivity contribution in [2.75, 3.05) is 11.9 Å². The summed E-state index contributed by atoms with van der Waals surface area (Å²) in [5, 5.41) is 0. The first-order valence-electron chi connectivity index (χ1n) is 15.8. The molecule has 0 aliphatic carbocycles. The van der Waals surface area contributed by atoms with Crippen molar-refractivity contribution in [3.63, 3.8) is 0 Å². The van der Waals surface area contributed by atoms with Crippen LogP contribution in [0.3, 0.4) is 0 Å². The molecular weight excluding hydrogens is 646 g/mol. The van der Waals surface area contributed by atoms with Crippen molar-refractivity contribution in [2.24, 2.45) is 0 Å². The van der Waals surface area contributed by atoms with Gasteiger partial charge in [0.2, 0.25) is 5.41 Å². The van der Waals surface area contributed by atoms with E-state index < -0.39 is 57.7 Å². The lowest BCUT2D eigenvalue weighted by Gasteiger charge is -2.39. The van der Waals surface area contributed by atoms with E-state index in [1.807, 2.05) is 34.6 Å². The molecular formula is C38H42F6N2O3. The first-order valence-corrected chi connectivity index (χ1v) is 15.8. The lowest BCUT2D eigenvalue weighted by atomic mass is 9.71. The highest BCUT2D eigenvalue weighted by Crippen LogP contribution is 2.57. The first-order chi connectivity index (χ1) is 22.1. The topological polar surface area (TPSA) is 57.7 Å². The molecule has 0 bridgehead atoms. The maximum Gasteiger partial charge on any atom is 0.411 e. The van der Waals surface area contributed by atoms with Crippen LogP contribution >= 0.6 is 0 Å². The molecule has 0 N–H and O–H groups in total. The van der Waals surface area contributed by atoms with Gasteiger partial charge in [0.05, 0.1) is 16.8 Å². The van der Waals surface area contributed by atoms with E-state index in [4.69, 9.17) is 0 Å². The van der Waals surface area contributed by atoms with E-state index in [9.17, 15) is 14.4 Å². The van der Waals surface area contributed by atoms with Crippen molar-refractivity contribution in [1.82, 2.24) is 4.90 Å². The zero-order valence-electron chi connectivity index (χ0n) is 29.9. The number of hydrogen-bond donors (Lipinski definition) is 0. The van der Waals surface area contributed by atoms with Crippen LogP contribution in [0, 0.1) is 34.6 Å². The highest BCUT2D eigenvalue weighted by Gasteiger charge is 2.73. The number of carbonyl (C=O) groups is 3. The Labute approximate surface area is 283 Å². The zero-order valence-corrected chi connectivity index (χ0v) is 29.9. The Balaban J connectivity index is 2.00. The van der Waals surface area contributed by atoms with Crippen LogP contribution in [0.5, 0.6) is 0 Å². The number of anilines is 1. The Morgan fingerprint density at radius 3 is 1.55 bits per heavy atom. The largest absolute Gasteiger partial charge is 0.411 e. The van der Waals surface area contributed by atoms with E-state index >= 15 is 26.3 Å². The summed E-state index contributed by atoms with van der Waals surface area (Å²) < 4.78 is 91.5. The average molecular weight is 689 g/mol. The summed E-state index contributed by atoms with van der Waals surface area (Å²) in [4.78, 5) is 43.2. The number of fused-ring (bicyclic) bond motifs is 1. The van der Waals surface area contributed by atoms with Gasteiger partial charge in [0, 0.05) is 18.2 Å². The molecule has 4 rings (SSSR count). The minimum atomic E-state index is -5.99. The minimum Gasteiger partial charge on any atom is -0.337 e. The van der Waals surface area contributed by atoms with Crippen molar-refractivity contribution in [1.29, 1.82) is 0 Å². The van der Waals surface area contributed by atoms with Gasteiger partial charge in [-0.15, -0.1) is 0 Å². The molecule has 0 spiro atoms. The summed E-state index contributed by atoms with van der Waals surface area (Å²) in [6.07, 6.45) is -12.0. The third-order valence-electron chi connectivity index (χ3n) is 9.94. The molecule has 1 aliphatic rings. The maximum atomic E-state index is 15.2. The maximum absolute atomic E-state index is 15.2. The fraction of sp³-hybridized carbons (Fsp3) is 0.447. The second-order valence-electron chi connectivity index (χ2n) is 15.0. The van der Waals surface area contributed by atoms with E-state index in [1.54, 1.807) is 34.6 Å². The molecule has 1 aliphatic heterocycles. The number of hydrogen-bond acceptors (Lipinski definition) is 3. The quantitative estimate of drug-likeness (QED) is 0.203. The smallest absolute Gasteiger partial charge is 0.337 e. The molecule has 0 saturated heterocycles. The summed E-state index contributed by atoms with van der Waals surface area (Å²) in [7, 11) is 1.41. The third kappa shape index (κ3) is 5.72. The molecule has 0 saturated carbocycles. The second kappa shape index (κ2) is 11.7. The molecule has 49 heavy (non-hydrogen) atoms. The summed E-state index contributed by atoms with van der Waals surface area (Å²) in [6, 6.07) is 4.34. The molecule has 0 unspecified atom stereocenters. The molecule has 264 valence electrons. The predicted molar refractivity (Wildman–Crippen MR) is 178 cm³/mol. The van der Waals surface area contributed by atoms with Gasteiger partial charge in [-0.3, -0.25) is 14.4 Å². The Morgan fingerprint density at radius 2 is 1.10 bits per heavy atom. The van der Waals surface area contributed by atoms with Gasteiger partial charge in [0.1, 0.15) is 0 Å². The van der Waals surface area contributed by atoms with E-state index in [0.717, 1.165) is 33.7 Å². The number of amides is 3. The normalized spacial score (nSPS) is 14.4. The van der Waals surface area contributed by atoms with Crippen LogP contribution in [0.25, 0.3) is 0 Å². The molecule has 3 aromatic rings. The fourth-order valence-corrected chi connectivity index (χ4v) is 6.98. The van der Waals surface area contributed by atoms with Gasteiger partial charge >= 0.3 is 12.4 Å². The van der Waals surface area contributed by atoms with Crippen LogP contribution in [0.15, 0.2) is 36.4 Å². The number of halogens is 6. The Kier molecular flexibility index (Phi) is 9.02. The Bertz CT molecular complexity index is 1850. The predicted octanol–water partition coefficient (Wildman–Crippen LogP) is 9.61. The number of rotatable bonds is 4. The first kappa shape index (κ1) is 37.7. The lowest BCUT2D eigenvalue weighted by molar-refractivity contribution is -0.288. The molecule has 0 aromatic heterocycles. The number of benzene rings is 3. The van der Waals surface area contributed by atoms with E-state index in [0.29, 0.717) is 35.4 Å². The number of aryl methyl sites for hydroxylation is 1. The SMILES string of the molecule is Cc1ccc(C(c2ccc3c(c2)C(=O)N(c2c(C)c(C)c(C(C)(C)C)c(C)c2C)C3=O)(C(F)(F)F)C(F)(F)F)cc1C(=O)N(C)C(C)(C)C. The van der Waals surface area contributed by atoms with Crippen molar-refractivity contribution in [2.45, 2.75) is 105 Å². The summed E-state index contributed by atoms with van der Waals surface area (Å²) in [5.41, 5.74) is -5.23. The van der Waals surface area contributed by atoms with Gasteiger partial charge < -0.3 is 4.90 Å². The van der Waals surface area contributed by atoms with Crippen molar-refractivity contribution < 1.29 is 40.7 Å². The van der Waals surface area contributed by atoms with Gasteiger partial charge in [-0.25, -0.2) is 4.90 Å². The van der Waals surface area contributed by atoms with Crippen LogP contribution < -0.4 is 4.90 Å². The van der Waals surface area contributed by atoms with Crippen molar-refractivity contribution >= 4 is 23.4 Å². The second-order valence-corrected chi connectivity index (χ2v) is 15.0. The fourth-order valence-electron chi connectivity index (χ4n) is 6.98. The summed E-state index contributed by atoms with van der Waals surface area (Å²) >= 11 is 0. The average Bonchev–Trinajstić information content (AvgIpc) is 3.19. The molecule has 0 fully saturated rings. The summed E-state index contributed by atoms with van der Waals surface area (Å²) in [6.45, 7) is 19.7. The van der Waals surface area contributed by atoms with Crippen molar-refractivity contribution in [3.05, 3.63) is 97.6 Å². The molecule has 0 radical (unpaired) electrons. The summed E-state index contributed by atoms with van der Waals surface area (Å²) in [5.74, 6) is -2.64. The van der Waals surface area contributed by atoms with Gasteiger partial charge in [-0.1, -0.05) is 39.0 Å². The Morgan fingerprint density at radius 1 is 0.653 bits per heavy atom. The molecule has 5 nitrogen and oxygen atoms in total. The third-order valence-corrected chi connectivity index (χ3v) is 9.94. The van der Waals surface area contributed by atoms with Gasteiger partial charge in [0.25, 0.3) is 17.7 Å². The highest BCUT2D eigenvalue weighted by molar-refractivity contribution is 6.35. The molecule has 1 heterocycles. The molecule has 3 aromatic carbocycles. The molecule has 3 amide bonds. The molecule has 11 heteroatoms.